The highest BCUT2D eigenvalue weighted by molar-refractivity contribution is 6.42. The number of halogens is 2. The lowest BCUT2D eigenvalue weighted by molar-refractivity contribution is 0.269. The zero-order chi connectivity index (χ0) is 23.2. The molecule has 0 spiro atoms. The highest BCUT2D eigenvalue weighted by atomic mass is 35.5. The smallest absolute Gasteiger partial charge is 0.161 e. The number of allylic oxidation sites excluding steroid dienone is 1. The van der Waals surface area contributed by atoms with Crippen LogP contribution in [0.2, 0.25) is 10.0 Å². The van der Waals surface area contributed by atoms with E-state index in [1.807, 2.05) is 79.7 Å². The van der Waals surface area contributed by atoms with Gasteiger partial charge in [-0.3, -0.25) is 0 Å². The first-order chi connectivity index (χ1) is 16.1. The molecule has 0 radical (unpaired) electrons. The molecular formula is C28H21Cl2NO2. The number of rotatable bonds is 7. The Morgan fingerprint density at radius 1 is 0.879 bits per heavy atom. The summed E-state index contributed by atoms with van der Waals surface area (Å²) in [4.78, 5) is 0. The average Bonchev–Trinajstić information content (AvgIpc) is 2.84. The van der Waals surface area contributed by atoms with Gasteiger partial charge in [0.2, 0.25) is 0 Å². The van der Waals surface area contributed by atoms with Crippen LogP contribution in [0.15, 0.2) is 78.9 Å². The molecule has 0 N–H and O–H groups in total. The van der Waals surface area contributed by atoms with Crippen molar-refractivity contribution < 1.29 is 9.47 Å². The van der Waals surface area contributed by atoms with Crippen LogP contribution < -0.4 is 9.47 Å². The molecule has 0 heterocycles. The number of hydrogen-bond acceptors (Lipinski definition) is 3. The summed E-state index contributed by atoms with van der Waals surface area (Å²) < 4.78 is 11.8. The Morgan fingerprint density at radius 2 is 1.70 bits per heavy atom. The topological polar surface area (TPSA) is 42.2 Å². The second-order valence-corrected chi connectivity index (χ2v) is 8.19. The molecule has 5 heteroatoms. The van der Waals surface area contributed by atoms with Gasteiger partial charge in [0.1, 0.15) is 6.61 Å². The van der Waals surface area contributed by atoms with Crippen molar-refractivity contribution in [2.24, 2.45) is 0 Å². The fourth-order valence-electron chi connectivity index (χ4n) is 3.59. The Bertz CT molecular complexity index is 1370. The Balaban J connectivity index is 1.64. The molecule has 0 aliphatic heterocycles. The maximum Gasteiger partial charge on any atom is 0.161 e. The van der Waals surface area contributed by atoms with Crippen LogP contribution in [0.3, 0.4) is 0 Å². The fourth-order valence-corrected chi connectivity index (χ4v) is 3.91. The van der Waals surface area contributed by atoms with E-state index in [1.54, 1.807) is 12.1 Å². The molecule has 0 aliphatic carbocycles. The maximum absolute atomic E-state index is 9.89. The first-order valence-electron chi connectivity index (χ1n) is 10.5. The van der Waals surface area contributed by atoms with Crippen molar-refractivity contribution in [2.45, 2.75) is 13.5 Å². The van der Waals surface area contributed by atoms with Crippen LogP contribution in [0.25, 0.3) is 22.4 Å². The largest absolute Gasteiger partial charge is 0.490 e. The predicted molar refractivity (Wildman–Crippen MR) is 136 cm³/mol. The number of nitrogens with zero attached hydrogens (tertiary/aromatic N) is 1. The summed E-state index contributed by atoms with van der Waals surface area (Å²) in [5.41, 5.74) is 3.23. The molecule has 4 aromatic rings. The van der Waals surface area contributed by atoms with Gasteiger partial charge in [0.05, 0.1) is 28.3 Å². The van der Waals surface area contributed by atoms with Crippen molar-refractivity contribution in [1.82, 2.24) is 0 Å². The third-order valence-electron chi connectivity index (χ3n) is 5.16. The Hall–Kier alpha value is -3.45. The van der Waals surface area contributed by atoms with Gasteiger partial charge in [0, 0.05) is 5.56 Å². The van der Waals surface area contributed by atoms with Crippen LogP contribution in [0, 0.1) is 11.3 Å². The summed E-state index contributed by atoms with van der Waals surface area (Å²) in [6.45, 7) is 2.73. The van der Waals surface area contributed by atoms with Gasteiger partial charge < -0.3 is 9.47 Å². The Morgan fingerprint density at radius 3 is 2.48 bits per heavy atom. The van der Waals surface area contributed by atoms with Crippen molar-refractivity contribution in [3.63, 3.8) is 0 Å². The molecule has 164 valence electrons. The molecule has 0 saturated heterocycles. The SMILES string of the molecule is CCOc1cc(/C=C(/C#N)c2cccc3ccccc23)ccc1OCc1ccc(Cl)c(Cl)c1. The predicted octanol–water partition coefficient (Wildman–Crippen LogP) is 8.19. The van der Waals surface area contributed by atoms with Crippen molar-refractivity contribution in [3.05, 3.63) is 106 Å². The minimum absolute atomic E-state index is 0.325. The van der Waals surface area contributed by atoms with Crippen LogP contribution in [0.1, 0.15) is 23.6 Å². The number of fused-ring (bicyclic) bond motifs is 1. The normalized spacial score (nSPS) is 11.3. The van der Waals surface area contributed by atoms with Crippen LogP contribution in [0.4, 0.5) is 0 Å². The summed E-state index contributed by atoms with van der Waals surface area (Å²) in [7, 11) is 0. The Kier molecular flexibility index (Phi) is 7.19. The standard InChI is InChI=1S/C28H21Cl2NO2/c1-2-32-28-16-19(11-13-27(28)33-18-20-10-12-25(29)26(30)15-20)14-22(17-31)24-9-5-7-21-6-3-4-8-23(21)24/h3-16H,2,18H2,1H3/b22-14-. The van der Waals surface area contributed by atoms with Crippen LogP contribution >= 0.6 is 23.2 Å². The summed E-state index contributed by atoms with van der Waals surface area (Å²) in [5.74, 6) is 1.23. The first-order valence-corrected chi connectivity index (χ1v) is 11.3. The number of ether oxygens (including phenoxy) is 2. The minimum Gasteiger partial charge on any atom is -0.490 e. The molecule has 0 aliphatic rings. The monoisotopic (exact) mass is 473 g/mol. The Labute approximate surface area is 203 Å². The second-order valence-electron chi connectivity index (χ2n) is 7.37. The molecule has 3 nitrogen and oxygen atoms in total. The molecule has 0 fully saturated rings. The molecular weight excluding hydrogens is 453 g/mol. The zero-order valence-electron chi connectivity index (χ0n) is 18.0. The molecule has 0 atom stereocenters. The van der Waals surface area contributed by atoms with Crippen LogP contribution in [-0.2, 0) is 6.61 Å². The molecule has 0 unspecified atom stereocenters. The van der Waals surface area contributed by atoms with Gasteiger partial charge in [0.25, 0.3) is 0 Å². The minimum atomic E-state index is 0.325. The number of benzene rings is 4. The van der Waals surface area contributed by atoms with Gasteiger partial charge in [-0.1, -0.05) is 77.8 Å². The van der Waals surface area contributed by atoms with E-state index in [-0.39, 0.29) is 0 Å². The lowest BCUT2D eigenvalue weighted by Crippen LogP contribution is -2.00. The number of hydrogen-bond donors (Lipinski definition) is 0. The molecule has 0 aromatic heterocycles. The van der Waals surface area contributed by atoms with E-state index in [9.17, 15) is 5.26 Å². The lowest BCUT2D eigenvalue weighted by Gasteiger charge is -2.13. The molecule has 0 amide bonds. The molecule has 33 heavy (non-hydrogen) atoms. The van der Waals surface area contributed by atoms with Crippen molar-refractivity contribution in [2.75, 3.05) is 6.61 Å². The van der Waals surface area contributed by atoms with Crippen LogP contribution in [0.5, 0.6) is 11.5 Å². The zero-order valence-corrected chi connectivity index (χ0v) is 19.5. The summed E-state index contributed by atoms with van der Waals surface area (Å²) >= 11 is 12.1. The highest BCUT2D eigenvalue weighted by Crippen LogP contribution is 2.32. The van der Waals surface area contributed by atoms with E-state index in [0.717, 1.165) is 27.5 Å². The summed E-state index contributed by atoms with van der Waals surface area (Å²) in [5, 5.41) is 13.0. The molecule has 0 bridgehead atoms. The van der Waals surface area contributed by atoms with Gasteiger partial charge in [-0.25, -0.2) is 0 Å². The molecule has 4 aromatic carbocycles. The van der Waals surface area contributed by atoms with Crippen molar-refractivity contribution in [3.8, 4) is 17.6 Å². The van der Waals surface area contributed by atoms with E-state index in [2.05, 4.69) is 6.07 Å². The quantitative estimate of drug-likeness (QED) is 0.200. The van der Waals surface area contributed by atoms with E-state index in [1.165, 1.54) is 0 Å². The van der Waals surface area contributed by atoms with Crippen molar-refractivity contribution in [1.29, 1.82) is 5.26 Å². The van der Waals surface area contributed by atoms with E-state index in [0.29, 0.717) is 40.3 Å². The fraction of sp³-hybridized carbons (Fsp3) is 0.107. The second kappa shape index (κ2) is 10.4. The summed E-state index contributed by atoms with van der Waals surface area (Å²) in [6, 6.07) is 27.4. The van der Waals surface area contributed by atoms with E-state index in [4.69, 9.17) is 32.7 Å². The van der Waals surface area contributed by atoms with Gasteiger partial charge in [-0.05, 0) is 59.2 Å². The molecule has 4 rings (SSSR count). The van der Waals surface area contributed by atoms with Gasteiger partial charge >= 0.3 is 0 Å². The van der Waals surface area contributed by atoms with E-state index < -0.39 is 0 Å². The van der Waals surface area contributed by atoms with Gasteiger partial charge in [-0.2, -0.15) is 5.26 Å². The average molecular weight is 474 g/mol. The first kappa shape index (κ1) is 22.7. The maximum atomic E-state index is 9.89. The van der Waals surface area contributed by atoms with E-state index >= 15 is 0 Å². The van der Waals surface area contributed by atoms with Gasteiger partial charge in [-0.15, -0.1) is 0 Å². The number of nitriles is 1. The van der Waals surface area contributed by atoms with Gasteiger partial charge in [0.15, 0.2) is 11.5 Å². The summed E-state index contributed by atoms with van der Waals surface area (Å²) in [6.07, 6.45) is 1.87. The molecule has 0 saturated carbocycles. The third kappa shape index (κ3) is 5.31. The highest BCUT2D eigenvalue weighted by Gasteiger charge is 2.10. The third-order valence-corrected chi connectivity index (χ3v) is 5.90. The lowest BCUT2D eigenvalue weighted by atomic mass is 9.97. The van der Waals surface area contributed by atoms with Crippen LogP contribution in [-0.4, -0.2) is 6.61 Å². The van der Waals surface area contributed by atoms with Crippen molar-refractivity contribution >= 4 is 45.6 Å².